The van der Waals surface area contributed by atoms with Gasteiger partial charge in [0.25, 0.3) is 5.92 Å². The van der Waals surface area contributed by atoms with Gasteiger partial charge < -0.3 is 5.11 Å². The van der Waals surface area contributed by atoms with E-state index >= 15 is 0 Å². The molecule has 1 aliphatic rings. The van der Waals surface area contributed by atoms with Crippen LogP contribution in [0.1, 0.15) is 39.5 Å². The van der Waals surface area contributed by atoms with Crippen molar-refractivity contribution in [2.45, 2.75) is 51.1 Å². The quantitative estimate of drug-likeness (QED) is 0.700. The van der Waals surface area contributed by atoms with Gasteiger partial charge in [0.1, 0.15) is 0 Å². The molecule has 0 heterocycles. The van der Waals surface area contributed by atoms with Crippen molar-refractivity contribution >= 4 is 0 Å². The van der Waals surface area contributed by atoms with Crippen LogP contribution in [0.5, 0.6) is 0 Å². The van der Waals surface area contributed by atoms with E-state index in [4.69, 9.17) is 0 Å². The molecule has 0 saturated heterocycles. The van der Waals surface area contributed by atoms with Crippen LogP contribution >= 0.6 is 0 Å². The molecule has 1 nitrogen and oxygen atoms in total. The van der Waals surface area contributed by atoms with Gasteiger partial charge in [-0.15, -0.1) is 0 Å². The number of aliphatic hydroxyl groups is 1. The number of halogens is 2. The minimum absolute atomic E-state index is 0.167. The van der Waals surface area contributed by atoms with Gasteiger partial charge in [-0.25, -0.2) is 8.78 Å². The van der Waals surface area contributed by atoms with Crippen LogP contribution in [0.25, 0.3) is 0 Å². The SMILES string of the molecule is CCC(C)CC1(O)C=CC(F)(F)CC1. The number of hydrogen-bond donors (Lipinski definition) is 1. The van der Waals surface area contributed by atoms with Crippen molar-refractivity contribution in [1.82, 2.24) is 0 Å². The summed E-state index contributed by atoms with van der Waals surface area (Å²) >= 11 is 0. The average molecular weight is 204 g/mol. The van der Waals surface area contributed by atoms with Crippen LogP contribution in [0, 0.1) is 5.92 Å². The number of hydrogen-bond acceptors (Lipinski definition) is 1. The molecule has 0 aromatic heterocycles. The molecule has 3 heteroatoms. The standard InChI is InChI=1S/C11H18F2O/c1-3-9(2)8-10(14)4-6-11(12,13)7-5-10/h4,6,9,14H,3,5,7-8H2,1-2H3. The molecule has 82 valence electrons. The summed E-state index contributed by atoms with van der Waals surface area (Å²) < 4.78 is 25.5. The van der Waals surface area contributed by atoms with E-state index in [2.05, 4.69) is 0 Å². The lowest BCUT2D eigenvalue weighted by molar-refractivity contribution is -0.0204. The number of allylic oxidation sites excluding steroid dienone is 1. The van der Waals surface area contributed by atoms with Crippen LogP contribution in [-0.4, -0.2) is 16.6 Å². The first-order valence-corrected chi connectivity index (χ1v) is 5.17. The highest BCUT2D eigenvalue weighted by molar-refractivity contribution is 5.11. The van der Waals surface area contributed by atoms with Crippen LogP contribution < -0.4 is 0 Å². The van der Waals surface area contributed by atoms with Crippen LogP contribution in [0.15, 0.2) is 12.2 Å². The van der Waals surface area contributed by atoms with Crippen molar-refractivity contribution in [1.29, 1.82) is 0 Å². The lowest BCUT2D eigenvalue weighted by atomic mass is 9.82. The molecule has 0 fully saturated rings. The summed E-state index contributed by atoms with van der Waals surface area (Å²) in [6.45, 7) is 4.06. The Bertz CT molecular complexity index is 225. The molecule has 0 spiro atoms. The molecule has 0 aromatic carbocycles. The number of rotatable bonds is 3. The molecule has 14 heavy (non-hydrogen) atoms. The fourth-order valence-corrected chi connectivity index (χ4v) is 1.74. The Morgan fingerprint density at radius 3 is 2.43 bits per heavy atom. The smallest absolute Gasteiger partial charge is 0.266 e. The summed E-state index contributed by atoms with van der Waals surface area (Å²) in [6.07, 6.45) is 3.60. The summed E-state index contributed by atoms with van der Waals surface area (Å²) in [4.78, 5) is 0. The minimum atomic E-state index is -2.72. The van der Waals surface area contributed by atoms with Crippen molar-refractivity contribution < 1.29 is 13.9 Å². The molecule has 0 saturated carbocycles. The van der Waals surface area contributed by atoms with Gasteiger partial charge in [-0.2, -0.15) is 0 Å². The molecule has 0 aromatic rings. The molecule has 1 N–H and O–H groups in total. The molecular weight excluding hydrogens is 186 g/mol. The predicted octanol–water partition coefficient (Wildman–Crippen LogP) is 3.14. The van der Waals surface area contributed by atoms with E-state index < -0.39 is 11.5 Å². The second kappa shape index (κ2) is 3.97. The second-order valence-electron chi connectivity index (χ2n) is 4.42. The highest BCUT2D eigenvalue weighted by Crippen LogP contribution is 2.36. The van der Waals surface area contributed by atoms with Crippen LogP contribution in [0.2, 0.25) is 0 Å². The molecular formula is C11H18F2O. The first kappa shape index (κ1) is 11.6. The zero-order chi connectivity index (χ0) is 10.8. The predicted molar refractivity (Wildman–Crippen MR) is 52.3 cm³/mol. The molecule has 0 bridgehead atoms. The molecule has 1 aliphatic carbocycles. The van der Waals surface area contributed by atoms with Gasteiger partial charge in [-0.1, -0.05) is 26.3 Å². The molecule has 0 amide bonds. The lowest BCUT2D eigenvalue weighted by Gasteiger charge is -2.32. The molecule has 1 rings (SSSR count). The van der Waals surface area contributed by atoms with Gasteiger partial charge in [-0.3, -0.25) is 0 Å². The van der Waals surface area contributed by atoms with E-state index in [-0.39, 0.29) is 12.8 Å². The Morgan fingerprint density at radius 2 is 2.00 bits per heavy atom. The fourth-order valence-electron chi connectivity index (χ4n) is 1.74. The maximum atomic E-state index is 12.8. The normalized spacial score (nSPS) is 32.9. The van der Waals surface area contributed by atoms with Gasteiger partial charge in [0, 0.05) is 6.42 Å². The lowest BCUT2D eigenvalue weighted by Crippen LogP contribution is -2.35. The summed E-state index contributed by atoms with van der Waals surface area (Å²) in [5.74, 6) is -2.35. The van der Waals surface area contributed by atoms with E-state index in [1.165, 1.54) is 6.08 Å². The van der Waals surface area contributed by atoms with Crippen molar-refractivity contribution in [2.75, 3.05) is 0 Å². The van der Waals surface area contributed by atoms with E-state index in [0.29, 0.717) is 12.3 Å². The fraction of sp³-hybridized carbons (Fsp3) is 0.818. The first-order valence-electron chi connectivity index (χ1n) is 5.17. The van der Waals surface area contributed by atoms with Crippen molar-refractivity contribution in [3.63, 3.8) is 0 Å². The third-order valence-corrected chi connectivity index (χ3v) is 2.93. The zero-order valence-corrected chi connectivity index (χ0v) is 8.76. The van der Waals surface area contributed by atoms with E-state index in [9.17, 15) is 13.9 Å². The largest absolute Gasteiger partial charge is 0.386 e. The van der Waals surface area contributed by atoms with E-state index in [1.807, 2.05) is 13.8 Å². The van der Waals surface area contributed by atoms with Gasteiger partial charge in [0.15, 0.2) is 0 Å². The highest BCUT2D eigenvalue weighted by atomic mass is 19.3. The van der Waals surface area contributed by atoms with Crippen molar-refractivity contribution in [3.8, 4) is 0 Å². The Labute approximate surface area is 83.8 Å². The number of alkyl halides is 2. The Kier molecular flexibility index (Phi) is 3.30. The molecule has 0 aliphatic heterocycles. The minimum Gasteiger partial charge on any atom is -0.386 e. The summed E-state index contributed by atoms with van der Waals surface area (Å²) in [6, 6.07) is 0. The monoisotopic (exact) mass is 204 g/mol. The van der Waals surface area contributed by atoms with Gasteiger partial charge in [0.2, 0.25) is 0 Å². The summed E-state index contributed by atoms with van der Waals surface area (Å²) in [7, 11) is 0. The van der Waals surface area contributed by atoms with E-state index in [0.717, 1.165) is 12.5 Å². The topological polar surface area (TPSA) is 20.2 Å². The van der Waals surface area contributed by atoms with Gasteiger partial charge in [0.05, 0.1) is 5.60 Å². The third kappa shape index (κ3) is 3.05. The van der Waals surface area contributed by atoms with Crippen LogP contribution in [-0.2, 0) is 0 Å². The van der Waals surface area contributed by atoms with Gasteiger partial charge in [-0.05, 0) is 24.8 Å². The summed E-state index contributed by atoms with van der Waals surface area (Å²) in [5.41, 5.74) is -1.00. The highest BCUT2D eigenvalue weighted by Gasteiger charge is 2.37. The molecule has 0 radical (unpaired) electrons. The van der Waals surface area contributed by atoms with E-state index in [1.54, 1.807) is 0 Å². The van der Waals surface area contributed by atoms with Gasteiger partial charge >= 0.3 is 0 Å². The van der Waals surface area contributed by atoms with Crippen LogP contribution in [0.4, 0.5) is 8.78 Å². The van der Waals surface area contributed by atoms with Crippen LogP contribution in [0.3, 0.4) is 0 Å². The molecule has 2 unspecified atom stereocenters. The summed E-state index contributed by atoms with van der Waals surface area (Å²) in [5, 5.41) is 9.98. The second-order valence-corrected chi connectivity index (χ2v) is 4.42. The Morgan fingerprint density at radius 1 is 1.36 bits per heavy atom. The van der Waals surface area contributed by atoms with Crippen molar-refractivity contribution in [3.05, 3.63) is 12.2 Å². The third-order valence-electron chi connectivity index (χ3n) is 2.93. The Balaban J connectivity index is 2.61. The van der Waals surface area contributed by atoms with Crippen molar-refractivity contribution in [2.24, 2.45) is 5.92 Å². The Hall–Kier alpha value is -0.440. The maximum Gasteiger partial charge on any atom is 0.266 e. The first-order chi connectivity index (χ1) is 6.37. The molecule has 2 atom stereocenters. The maximum absolute atomic E-state index is 12.8. The zero-order valence-electron chi connectivity index (χ0n) is 8.76. The average Bonchev–Trinajstić information content (AvgIpc) is 2.11.